The maximum atomic E-state index is 12.0. The van der Waals surface area contributed by atoms with Crippen LogP contribution in [0.4, 0.5) is 0 Å². The number of carbonyl (C=O) groups excluding carboxylic acids is 1. The molecule has 0 atom stereocenters. The SMILES string of the molecule is CC(C)c1cccc(-c2ccc(SCCCCCCCc3ccc(C(=O)NCCC(=O)O)cc3)cc2)c1. The van der Waals surface area contributed by atoms with Crippen LogP contribution in [-0.2, 0) is 11.2 Å². The maximum Gasteiger partial charge on any atom is 0.305 e. The van der Waals surface area contributed by atoms with Crippen molar-refractivity contribution in [1.29, 1.82) is 0 Å². The lowest BCUT2D eigenvalue weighted by atomic mass is 9.97. The fourth-order valence-corrected chi connectivity index (χ4v) is 5.09. The average Bonchev–Trinajstić information content (AvgIpc) is 2.90. The van der Waals surface area contributed by atoms with Gasteiger partial charge >= 0.3 is 5.97 Å². The number of aryl methyl sites for hydroxylation is 1. The van der Waals surface area contributed by atoms with Crippen molar-refractivity contribution in [2.24, 2.45) is 0 Å². The van der Waals surface area contributed by atoms with E-state index in [1.54, 1.807) is 0 Å². The molecule has 0 spiro atoms. The number of amides is 1. The van der Waals surface area contributed by atoms with Crippen molar-refractivity contribution in [2.75, 3.05) is 12.3 Å². The molecule has 0 aliphatic carbocycles. The van der Waals surface area contributed by atoms with Crippen molar-refractivity contribution < 1.29 is 14.7 Å². The molecule has 0 bridgehead atoms. The summed E-state index contributed by atoms with van der Waals surface area (Å²) in [6.45, 7) is 4.61. The van der Waals surface area contributed by atoms with E-state index in [2.05, 4.69) is 67.7 Å². The molecule has 0 unspecified atom stereocenters. The summed E-state index contributed by atoms with van der Waals surface area (Å²) in [6, 6.07) is 25.4. The summed E-state index contributed by atoms with van der Waals surface area (Å²) in [6.07, 6.45) is 7.04. The highest BCUT2D eigenvalue weighted by molar-refractivity contribution is 7.99. The van der Waals surface area contributed by atoms with E-state index in [1.807, 2.05) is 36.0 Å². The number of unbranched alkanes of at least 4 members (excludes halogenated alkanes) is 4. The van der Waals surface area contributed by atoms with Crippen LogP contribution in [-0.4, -0.2) is 29.3 Å². The number of hydrogen-bond acceptors (Lipinski definition) is 3. The molecule has 0 saturated carbocycles. The molecule has 2 N–H and O–H groups in total. The first kappa shape index (κ1) is 28.5. The fraction of sp³-hybridized carbons (Fsp3) is 0.375. The number of benzene rings is 3. The molecule has 0 radical (unpaired) electrons. The van der Waals surface area contributed by atoms with E-state index in [0.717, 1.165) is 18.6 Å². The number of rotatable bonds is 15. The van der Waals surface area contributed by atoms with Gasteiger partial charge in [-0.3, -0.25) is 9.59 Å². The van der Waals surface area contributed by atoms with Crippen LogP contribution in [0.15, 0.2) is 77.7 Å². The van der Waals surface area contributed by atoms with Crippen molar-refractivity contribution in [3.8, 4) is 11.1 Å². The van der Waals surface area contributed by atoms with E-state index in [4.69, 9.17) is 5.11 Å². The first-order valence-electron chi connectivity index (χ1n) is 13.3. The smallest absolute Gasteiger partial charge is 0.305 e. The quantitative estimate of drug-likeness (QED) is 0.158. The molecule has 0 aromatic heterocycles. The Morgan fingerprint density at radius 2 is 1.54 bits per heavy atom. The van der Waals surface area contributed by atoms with Crippen LogP contribution in [0, 0.1) is 0 Å². The summed E-state index contributed by atoms with van der Waals surface area (Å²) in [5.74, 6) is 0.555. The van der Waals surface area contributed by atoms with E-state index in [9.17, 15) is 9.59 Å². The minimum Gasteiger partial charge on any atom is -0.481 e. The number of thioether (sulfide) groups is 1. The first-order chi connectivity index (χ1) is 17.9. The summed E-state index contributed by atoms with van der Waals surface area (Å²) < 4.78 is 0. The predicted octanol–water partition coefficient (Wildman–Crippen LogP) is 7.97. The number of nitrogens with one attached hydrogen (secondary N) is 1. The average molecular weight is 518 g/mol. The highest BCUT2D eigenvalue weighted by atomic mass is 32.2. The van der Waals surface area contributed by atoms with Crippen molar-refractivity contribution in [2.45, 2.75) is 69.6 Å². The molecule has 0 aliphatic rings. The zero-order valence-electron chi connectivity index (χ0n) is 22.0. The second-order valence-corrected chi connectivity index (χ2v) is 10.9. The summed E-state index contributed by atoms with van der Waals surface area (Å²) in [5, 5.41) is 11.3. The van der Waals surface area contributed by atoms with Crippen LogP contribution in [0.1, 0.15) is 79.8 Å². The third-order valence-electron chi connectivity index (χ3n) is 6.46. The van der Waals surface area contributed by atoms with Gasteiger partial charge in [-0.15, -0.1) is 11.8 Å². The van der Waals surface area contributed by atoms with Crippen molar-refractivity contribution in [1.82, 2.24) is 5.32 Å². The van der Waals surface area contributed by atoms with Gasteiger partial charge in [-0.2, -0.15) is 0 Å². The zero-order valence-corrected chi connectivity index (χ0v) is 22.9. The van der Waals surface area contributed by atoms with Crippen molar-refractivity contribution >= 4 is 23.6 Å². The third kappa shape index (κ3) is 10.1. The van der Waals surface area contributed by atoms with Crippen LogP contribution in [0.25, 0.3) is 11.1 Å². The minimum atomic E-state index is -0.914. The topological polar surface area (TPSA) is 66.4 Å². The van der Waals surface area contributed by atoms with Gasteiger partial charge in [0.15, 0.2) is 0 Å². The van der Waals surface area contributed by atoms with Gasteiger partial charge in [-0.1, -0.05) is 81.6 Å². The Labute approximate surface area is 225 Å². The highest BCUT2D eigenvalue weighted by Crippen LogP contribution is 2.27. The monoisotopic (exact) mass is 517 g/mol. The van der Waals surface area contributed by atoms with Gasteiger partial charge in [0, 0.05) is 17.0 Å². The Bertz CT molecular complexity index is 1120. The van der Waals surface area contributed by atoms with Gasteiger partial charge in [-0.25, -0.2) is 0 Å². The fourth-order valence-electron chi connectivity index (χ4n) is 4.18. The molecule has 0 saturated heterocycles. The van der Waals surface area contributed by atoms with E-state index < -0.39 is 5.97 Å². The van der Waals surface area contributed by atoms with Gasteiger partial charge in [0.25, 0.3) is 5.91 Å². The van der Waals surface area contributed by atoms with Gasteiger partial charge in [0.1, 0.15) is 0 Å². The Morgan fingerprint density at radius 3 is 2.24 bits per heavy atom. The number of carbonyl (C=O) groups is 2. The van der Waals surface area contributed by atoms with Gasteiger partial charge < -0.3 is 10.4 Å². The number of aliphatic carboxylic acids is 1. The number of carboxylic acids is 1. The van der Waals surface area contributed by atoms with Crippen LogP contribution < -0.4 is 5.32 Å². The molecule has 0 heterocycles. The van der Waals surface area contributed by atoms with E-state index in [1.165, 1.54) is 52.8 Å². The summed E-state index contributed by atoms with van der Waals surface area (Å²) in [7, 11) is 0. The Balaban J connectivity index is 1.27. The molecular weight excluding hydrogens is 478 g/mol. The molecule has 0 fully saturated rings. The Morgan fingerprint density at radius 1 is 0.838 bits per heavy atom. The lowest BCUT2D eigenvalue weighted by Gasteiger charge is -2.09. The number of hydrogen-bond donors (Lipinski definition) is 2. The van der Waals surface area contributed by atoms with Crippen LogP contribution in [0.2, 0.25) is 0 Å². The molecule has 0 aliphatic heterocycles. The summed E-state index contributed by atoms with van der Waals surface area (Å²) in [4.78, 5) is 23.9. The molecule has 196 valence electrons. The Kier molecular flexibility index (Phi) is 11.8. The minimum absolute atomic E-state index is 0.0658. The lowest BCUT2D eigenvalue weighted by Crippen LogP contribution is -2.25. The molecule has 3 aromatic carbocycles. The van der Waals surface area contributed by atoms with Gasteiger partial charge in [0.2, 0.25) is 0 Å². The standard InChI is InChI=1S/C32H39NO3S/c1-24(2)28-10-8-11-29(23-28)26-16-18-30(19-17-26)37-22-7-5-3-4-6-9-25-12-14-27(15-13-25)32(36)33-21-20-31(34)35/h8,10-19,23-24H,3-7,9,20-22H2,1-2H3,(H,33,36)(H,34,35). The molecule has 37 heavy (non-hydrogen) atoms. The van der Waals surface area contributed by atoms with Gasteiger partial charge in [-0.05, 0) is 77.5 Å². The second-order valence-electron chi connectivity index (χ2n) is 9.77. The van der Waals surface area contributed by atoms with E-state index in [-0.39, 0.29) is 18.9 Å². The lowest BCUT2D eigenvalue weighted by molar-refractivity contribution is -0.136. The molecule has 4 nitrogen and oxygen atoms in total. The molecular formula is C32H39NO3S. The third-order valence-corrected chi connectivity index (χ3v) is 7.56. The normalized spacial score (nSPS) is 11.0. The zero-order chi connectivity index (χ0) is 26.5. The summed E-state index contributed by atoms with van der Waals surface area (Å²) >= 11 is 1.94. The van der Waals surface area contributed by atoms with E-state index in [0.29, 0.717) is 11.5 Å². The number of carboxylic acid groups (broad SMARTS) is 1. The Hall–Kier alpha value is -3.05. The highest BCUT2D eigenvalue weighted by Gasteiger charge is 2.06. The van der Waals surface area contributed by atoms with Crippen LogP contribution in [0.5, 0.6) is 0 Å². The molecule has 3 rings (SSSR count). The molecule has 5 heteroatoms. The summed E-state index contributed by atoms with van der Waals surface area (Å²) in [5.41, 5.74) is 5.75. The van der Waals surface area contributed by atoms with Crippen molar-refractivity contribution in [3.63, 3.8) is 0 Å². The van der Waals surface area contributed by atoms with Crippen LogP contribution in [0.3, 0.4) is 0 Å². The largest absolute Gasteiger partial charge is 0.481 e. The van der Waals surface area contributed by atoms with Crippen molar-refractivity contribution in [3.05, 3.63) is 89.5 Å². The molecule has 3 aromatic rings. The van der Waals surface area contributed by atoms with E-state index >= 15 is 0 Å². The first-order valence-corrected chi connectivity index (χ1v) is 14.3. The predicted molar refractivity (Wildman–Crippen MR) is 155 cm³/mol. The molecule has 1 amide bonds. The maximum absolute atomic E-state index is 12.0. The second kappa shape index (κ2) is 15.3. The van der Waals surface area contributed by atoms with Gasteiger partial charge in [0.05, 0.1) is 6.42 Å². The van der Waals surface area contributed by atoms with Crippen LogP contribution >= 0.6 is 11.8 Å².